The van der Waals surface area contributed by atoms with E-state index in [1.54, 1.807) is 49.4 Å². The molecule has 1 fully saturated rings. The molecule has 2 heterocycles. The minimum Gasteiger partial charge on any atom is -0.465 e. The zero-order chi connectivity index (χ0) is 24.2. The highest BCUT2D eigenvalue weighted by Gasteiger charge is 2.20. The summed E-state index contributed by atoms with van der Waals surface area (Å²) in [7, 11) is 0. The quantitative estimate of drug-likeness (QED) is 0.338. The summed E-state index contributed by atoms with van der Waals surface area (Å²) in [5.74, 6) is -0.365. The fourth-order valence-electron chi connectivity index (χ4n) is 4.11. The predicted molar refractivity (Wildman–Crippen MR) is 129 cm³/mol. The summed E-state index contributed by atoms with van der Waals surface area (Å²) in [5.41, 5.74) is 4.20. The van der Waals surface area contributed by atoms with Gasteiger partial charge in [0.25, 0.3) is 0 Å². The standard InChI is InChI=1S/C25H26N4O5/c1-15-10-19(20(27-25(32)33)13-21(15)29-8-3-4-9-29)26-24(31)14-22(30)17-6-5-7-18(12-17)23-11-16(2)28-34-23/h5-7,10-13,27H,3-4,8-9,14H2,1-2H3,(H,26,31)(H,32,33). The molecular weight excluding hydrogens is 436 g/mol. The van der Waals surface area contributed by atoms with Crippen LogP contribution < -0.4 is 15.5 Å². The molecule has 1 aliphatic heterocycles. The number of nitrogens with zero attached hydrogens (tertiary/aromatic N) is 2. The molecule has 0 bridgehead atoms. The summed E-state index contributed by atoms with van der Waals surface area (Å²) in [6.07, 6.45) is 0.540. The van der Waals surface area contributed by atoms with Gasteiger partial charge in [-0.3, -0.25) is 14.9 Å². The fourth-order valence-corrected chi connectivity index (χ4v) is 4.11. The fraction of sp³-hybridized carbons (Fsp3) is 0.280. The van der Waals surface area contributed by atoms with Crippen molar-refractivity contribution in [3.8, 4) is 11.3 Å². The Hall–Kier alpha value is -4.14. The van der Waals surface area contributed by atoms with Gasteiger partial charge in [-0.25, -0.2) is 4.79 Å². The maximum Gasteiger partial charge on any atom is 0.409 e. The van der Waals surface area contributed by atoms with Gasteiger partial charge in [0.1, 0.15) is 0 Å². The SMILES string of the molecule is Cc1cc(-c2cccc(C(=O)CC(=O)Nc3cc(C)c(N4CCCC4)cc3NC(=O)O)c2)on1. The Bertz CT molecular complexity index is 1240. The first-order chi connectivity index (χ1) is 16.3. The van der Waals surface area contributed by atoms with E-state index in [1.165, 1.54) is 0 Å². The number of nitrogens with one attached hydrogen (secondary N) is 2. The van der Waals surface area contributed by atoms with Crippen LogP contribution in [0.1, 0.15) is 40.9 Å². The molecule has 1 saturated heterocycles. The molecule has 0 saturated carbocycles. The van der Waals surface area contributed by atoms with Gasteiger partial charge in [0.15, 0.2) is 11.5 Å². The highest BCUT2D eigenvalue weighted by molar-refractivity contribution is 6.12. The summed E-state index contributed by atoms with van der Waals surface area (Å²) >= 11 is 0. The normalized spacial score (nSPS) is 13.1. The van der Waals surface area contributed by atoms with Crippen LogP contribution in [0, 0.1) is 13.8 Å². The summed E-state index contributed by atoms with van der Waals surface area (Å²) in [6, 6.07) is 12.0. The summed E-state index contributed by atoms with van der Waals surface area (Å²) in [6.45, 7) is 5.52. The number of benzene rings is 2. The number of Topliss-reactive ketones (excluding diaryl/α,β-unsaturated/α-hetero) is 1. The topological polar surface area (TPSA) is 125 Å². The number of carboxylic acid groups (broad SMARTS) is 1. The molecule has 0 radical (unpaired) electrons. The maximum absolute atomic E-state index is 12.8. The number of aromatic nitrogens is 1. The van der Waals surface area contributed by atoms with Gasteiger partial charge in [-0.15, -0.1) is 0 Å². The van der Waals surface area contributed by atoms with Crippen LogP contribution in [-0.2, 0) is 4.79 Å². The predicted octanol–water partition coefficient (Wildman–Crippen LogP) is 4.86. The van der Waals surface area contributed by atoms with Crippen molar-refractivity contribution in [2.75, 3.05) is 28.6 Å². The Morgan fingerprint density at radius 3 is 2.44 bits per heavy atom. The van der Waals surface area contributed by atoms with Crippen LogP contribution in [-0.4, -0.2) is 41.1 Å². The van der Waals surface area contributed by atoms with Gasteiger partial charge in [0.05, 0.1) is 23.5 Å². The van der Waals surface area contributed by atoms with Gasteiger partial charge < -0.3 is 19.8 Å². The number of amides is 2. The molecule has 34 heavy (non-hydrogen) atoms. The second kappa shape index (κ2) is 9.78. The van der Waals surface area contributed by atoms with Crippen molar-refractivity contribution in [1.82, 2.24) is 5.16 Å². The van der Waals surface area contributed by atoms with Gasteiger partial charge >= 0.3 is 6.09 Å². The molecule has 2 aromatic carbocycles. The van der Waals surface area contributed by atoms with Gasteiger partial charge in [-0.2, -0.15) is 0 Å². The van der Waals surface area contributed by atoms with E-state index in [-0.39, 0.29) is 11.5 Å². The minimum absolute atomic E-state index is 0.267. The number of hydrogen-bond acceptors (Lipinski definition) is 6. The average molecular weight is 463 g/mol. The van der Waals surface area contributed by atoms with Crippen molar-refractivity contribution >= 4 is 34.8 Å². The van der Waals surface area contributed by atoms with Crippen LogP contribution in [0.5, 0.6) is 0 Å². The molecule has 3 aromatic rings. The Kier molecular flexibility index (Phi) is 6.62. The molecule has 9 nitrogen and oxygen atoms in total. The van der Waals surface area contributed by atoms with E-state index in [0.29, 0.717) is 22.6 Å². The Morgan fingerprint density at radius 2 is 1.76 bits per heavy atom. The van der Waals surface area contributed by atoms with Crippen LogP contribution in [0.3, 0.4) is 0 Å². The molecule has 4 rings (SSSR count). The van der Waals surface area contributed by atoms with E-state index >= 15 is 0 Å². The summed E-state index contributed by atoms with van der Waals surface area (Å²) < 4.78 is 5.25. The van der Waals surface area contributed by atoms with Gasteiger partial charge in [0, 0.05) is 36.0 Å². The van der Waals surface area contributed by atoms with E-state index in [4.69, 9.17) is 4.52 Å². The van der Waals surface area contributed by atoms with Crippen molar-refractivity contribution in [3.05, 3.63) is 59.3 Å². The van der Waals surface area contributed by atoms with E-state index in [2.05, 4.69) is 20.7 Å². The molecule has 0 spiro atoms. The molecule has 0 unspecified atom stereocenters. The lowest BCUT2D eigenvalue weighted by Gasteiger charge is -2.23. The van der Waals surface area contributed by atoms with Crippen molar-refractivity contribution in [2.24, 2.45) is 0 Å². The lowest BCUT2D eigenvalue weighted by Crippen LogP contribution is -2.21. The minimum atomic E-state index is -1.23. The van der Waals surface area contributed by atoms with E-state index < -0.39 is 18.4 Å². The summed E-state index contributed by atoms with van der Waals surface area (Å²) in [5, 5.41) is 18.2. The first-order valence-electron chi connectivity index (χ1n) is 11.1. The monoisotopic (exact) mass is 462 g/mol. The molecule has 0 atom stereocenters. The molecule has 0 aliphatic carbocycles. The highest BCUT2D eigenvalue weighted by atomic mass is 16.5. The smallest absolute Gasteiger partial charge is 0.409 e. The number of carbonyl (C=O) groups is 3. The van der Waals surface area contributed by atoms with Crippen LogP contribution >= 0.6 is 0 Å². The highest BCUT2D eigenvalue weighted by Crippen LogP contribution is 2.33. The first kappa shape index (κ1) is 23.0. The van der Waals surface area contributed by atoms with Gasteiger partial charge in [0.2, 0.25) is 5.91 Å². The number of carbonyl (C=O) groups excluding carboxylic acids is 2. The van der Waals surface area contributed by atoms with Crippen LogP contribution in [0.4, 0.5) is 21.9 Å². The van der Waals surface area contributed by atoms with E-state index in [9.17, 15) is 19.5 Å². The number of ketones is 1. The second-order valence-corrected chi connectivity index (χ2v) is 8.37. The van der Waals surface area contributed by atoms with Crippen LogP contribution in [0.2, 0.25) is 0 Å². The lowest BCUT2D eigenvalue weighted by atomic mass is 10.0. The number of aryl methyl sites for hydroxylation is 2. The van der Waals surface area contributed by atoms with E-state index in [1.807, 2.05) is 6.92 Å². The molecule has 2 amide bonds. The Labute approximate surface area is 196 Å². The largest absolute Gasteiger partial charge is 0.465 e. The Morgan fingerprint density at radius 1 is 1.03 bits per heavy atom. The number of rotatable bonds is 7. The number of anilines is 3. The third-order valence-corrected chi connectivity index (χ3v) is 5.72. The Balaban J connectivity index is 1.50. The average Bonchev–Trinajstić information content (AvgIpc) is 3.47. The van der Waals surface area contributed by atoms with Crippen molar-refractivity contribution in [3.63, 3.8) is 0 Å². The zero-order valence-corrected chi connectivity index (χ0v) is 19.1. The maximum atomic E-state index is 12.8. The molecule has 1 aliphatic rings. The summed E-state index contributed by atoms with van der Waals surface area (Å²) in [4.78, 5) is 39.0. The van der Waals surface area contributed by atoms with Crippen molar-refractivity contribution < 1.29 is 24.0 Å². The van der Waals surface area contributed by atoms with Crippen LogP contribution in [0.15, 0.2) is 47.0 Å². The van der Waals surface area contributed by atoms with E-state index in [0.717, 1.165) is 42.9 Å². The first-order valence-corrected chi connectivity index (χ1v) is 11.1. The van der Waals surface area contributed by atoms with Crippen LogP contribution in [0.25, 0.3) is 11.3 Å². The number of hydrogen-bond donors (Lipinski definition) is 3. The molecule has 1 aromatic heterocycles. The van der Waals surface area contributed by atoms with Crippen molar-refractivity contribution in [1.29, 1.82) is 0 Å². The third kappa shape index (κ3) is 5.25. The second-order valence-electron chi connectivity index (χ2n) is 8.37. The van der Waals surface area contributed by atoms with Gasteiger partial charge in [-0.05, 0) is 50.5 Å². The zero-order valence-electron chi connectivity index (χ0n) is 19.1. The lowest BCUT2D eigenvalue weighted by molar-refractivity contribution is -0.115. The molecule has 3 N–H and O–H groups in total. The van der Waals surface area contributed by atoms with Gasteiger partial charge in [-0.1, -0.05) is 23.4 Å². The molecular formula is C25H26N4O5. The third-order valence-electron chi connectivity index (χ3n) is 5.72. The van der Waals surface area contributed by atoms with Crippen molar-refractivity contribution in [2.45, 2.75) is 33.1 Å². The molecule has 9 heteroatoms. The molecule has 176 valence electrons.